The Labute approximate surface area is 68.7 Å². The standard InChI is InChI=1S/C10H16O/c1-6-9(7(2)3)10(11)8(4)5/h6,9-11H,1-2,4H2,3,5H3/t9?,10-/m0/s1. The predicted octanol–water partition coefficient (Wildman–Crippen LogP) is 2.30. The molecule has 0 heterocycles. The van der Waals surface area contributed by atoms with Crippen LogP contribution in [0.25, 0.3) is 0 Å². The van der Waals surface area contributed by atoms with Crippen molar-refractivity contribution in [2.45, 2.75) is 20.0 Å². The lowest BCUT2D eigenvalue weighted by Crippen LogP contribution is -2.19. The second kappa shape index (κ2) is 4.14. The molecule has 0 saturated carbocycles. The highest BCUT2D eigenvalue weighted by molar-refractivity contribution is 5.15. The Balaban J connectivity index is 4.37. The molecule has 2 atom stereocenters. The maximum Gasteiger partial charge on any atom is 0.0844 e. The van der Waals surface area contributed by atoms with Crippen molar-refractivity contribution >= 4 is 0 Å². The monoisotopic (exact) mass is 152 g/mol. The Morgan fingerprint density at radius 3 is 1.82 bits per heavy atom. The normalized spacial score (nSPS) is 15.2. The summed E-state index contributed by atoms with van der Waals surface area (Å²) in [6, 6.07) is 0. The first kappa shape index (κ1) is 10.2. The van der Waals surface area contributed by atoms with Gasteiger partial charge in [-0.1, -0.05) is 30.4 Å². The largest absolute Gasteiger partial charge is 0.388 e. The smallest absolute Gasteiger partial charge is 0.0844 e. The molecule has 0 spiro atoms. The molecule has 0 aromatic heterocycles. The van der Waals surface area contributed by atoms with Gasteiger partial charge >= 0.3 is 0 Å². The van der Waals surface area contributed by atoms with Crippen LogP contribution in [0.4, 0.5) is 0 Å². The Morgan fingerprint density at radius 1 is 1.27 bits per heavy atom. The number of hydrogen-bond acceptors (Lipinski definition) is 1. The van der Waals surface area contributed by atoms with Crippen molar-refractivity contribution in [1.29, 1.82) is 0 Å². The van der Waals surface area contributed by atoms with Crippen molar-refractivity contribution in [2.24, 2.45) is 5.92 Å². The van der Waals surface area contributed by atoms with Crippen LogP contribution in [0.2, 0.25) is 0 Å². The van der Waals surface area contributed by atoms with Crippen LogP contribution in [-0.2, 0) is 0 Å². The molecule has 62 valence electrons. The van der Waals surface area contributed by atoms with Crippen molar-refractivity contribution in [3.8, 4) is 0 Å². The van der Waals surface area contributed by atoms with Gasteiger partial charge in [-0.2, -0.15) is 0 Å². The summed E-state index contributed by atoms with van der Waals surface area (Å²) in [5.41, 5.74) is 1.66. The van der Waals surface area contributed by atoms with Gasteiger partial charge in [-0.15, -0.1) is 6.58 Å². The molecule has 1 N–H and O–H groups in total. The molecule has 0 rings (SSSR count). The first-order valence-electron chi connectivity index (χ1n) is 3.62. The zero-order valence-corrected chi connectivity index (χ0v) is 7.30. The second-order valence-electron chi connectivity index (χ2n) is 2.90. The lowest BCUT2D eigenvalue weighted by atomic mass is 9.92. The first-order valence-corrected chi connectivity index (χ1v) is 3.62. The molecule has 0 aliphatic rings. The van der Waals surface area contributed by atoms with E-state index in [1.807, 2.05) is 6.92 Å². The van der Waals surface area contributed by atoms with Crippen LogP contribution in [-0.4, -0.2) is 11.2 Å². The van der Waals surface area contributed by atoms with Crippen LogP contribution in [0, 0.1) is 5.92 Å². The van der Waals surface area contributed by atoms with Gasteiger partial charge in [0, 0.05) is 5.92 Å². The quantitative estimate of drug-likeness (QED) is 0.613. The van der Waals surface area contributed by atoms with E-state index in [-0.39, 0.29) is 5.92 Å². The van der Waals surface area contributed by atoms with Gasteiger partial charge in [0.1, 0.15) is 0 Å². The number of aliphatic hydroxyl groups excluding tert-OH is 1. The van der Waals surface area contributed by atoms with Crippen LogP contribution in [0.3, 0.4) is 0 Å². The summed E-state index contributed by atoms with van der Waals surface area (Å²) >= 11 is 0. The van der Waals surface area contributed by atoms with E-state index in [0.717, 1.165) is 11.1 Å². The van der Waals surface area contributed by atoms with Gasteiger partial charge in [-0.05, 0) is 13.8 Å². The molecule has 0 saturated heterocycles. The van der Waals surface area contributed by atoms with Gasteiger partial charge in [-0.25, -0.2) is 0 Å². The van der Waals surface area contributed by atoms with Gasteiger partial charge in [0.15, 0.2) is 0 Å². The van der Waals surface area contributed by atoms with Crippen molar-refractivity contribution in [3.05, 3.63) is 37.0 Å². The lowest BCUT2D eigenvalue weighted by molar-refractivity contribution is 0.181. The van der Waals surface area contributed by atoms with E-state index in [1.165, 1.54) is 0 Å². The number of rotatable bonds is 4. The summed E-state index contributed by atoms with van der Waals surface area (Å²) in [7, 11) is 0. The third kappa shape index (κ3) is 2.72. The molecule has 1 nitrogen and oxygen atoms in total. The first-order chi connectivity index (χ1) is 5.00. The topological polar surface area (TPSA) is 20.2 Å². The Hall–Kier alpha value is -0.820. The Bertz CT molecular complexity index is 179. The maximum absolute atomic E-state index is 9.52. The molecule has 1 heteroatoms. The predicted molar refractivity (Wildman–Crippen MR) is 49.3 cm³/mol. The molecule has 0 aromatic rings. The van der Waals surface area contributed by atoms with Gasteiger partial charge in [0.05, 0.1) is 6.10 Å². The van der Waals surface area contributed by atoms with E-state index in [1.54, 1.807) is 13.0 Å². The molecule has 0 radical (unpaired) electrons. The van der Waals surface area contributed by atoms with E-state index < -0.39 is 6.10 Å². The SMILES string of the molecule is C=CC(C(=C)C)[C@@H](O)C(=C)C. The maximum atomic E-state index is 9.52. The average molecular weight is 152 g/mol. The fourth-order valence-corrected chi connectivity index (χ4v) is 0.906. The number of aliphatic hydroxyl groups is 1. The van der Waals surface area contributed by atoms with E-state index in [9.17, 15) is 5.11 Å². The summed E-state index contributed by atoms with van der Waals surface area (Å²) in [6.45, 7) is 14.7. The summed E-state index contributed by atoms with van der Waals surface area (Å²) in [5, 5.41) is 9.52. The summed E-state index contributed by atoms with van der Waals surface area (Å²) in [5.74, 6) is -0.0625. The van der Waals surface area contributed by atoms with Gasteiger partial charge < -0.3 is 5.11 Å². The molecule has 0 bridgehead atoms. The molecule has 11 heavy (non-hydrogen) atoms. The number of hydrogen-bond donors (Lipinski definition) is 1. The minimum Gasteiger partial charge on any atom is -0.388 e. The molecular weight excluding hydrogens is 136 g/mol. The highest BCUT2D eigenvalue weighted by Gasteiger charge is 2.16. The zero-order valence-electron chi connectivity index (χ0n) is 7.30. The molecule has 1 unspecified atom stereocenters. The summed E-state index contributed by atoms with van der Waals surface area (Å²) in [6.07, 6.45) is 1.16. The Morgan fingerprint density at radius 2 is 1.73 bits per heavy atom. The van der Waals surface area contributed by atoms with Crippen molar-refractivity contribution < 1.29 is 5.11 Å². The van der Waals surface area contributed by atoms with Gasteiger partial charge in [0.25, 0.3) is 0 Å². The zero-order chi connectivity index (χ0) is 9.02. The molecule has 0 fully saturated rings. The second-order valence-corrected chi connectivity index (χ2v) is 2.90. The van der Waals surface area contributed by atoms with E-state index in [2.05, 4.69) is 19.7 Å². The Kier molecular flexibility index (Phi) is 3.83. The van der Waals surface area contributed by atoms with Crippen molar-refractivity contribution in [3.63, 3.8) is 0 Å². The van der Waals surface area contributed by atoms with Crippen LogP contribution >= 0.6 is 0 Å². The molecule has 0 aliphatic heterocycles. The van der Waals surface area contributed by atoms with E-state index in [4.69, 9.17) is 0 Å². The fourth-order valence-electron chi connectivity index (χ4n) is 0.906. The summed E-state index contributed by atoms with van der Waals surface area (Å²) < 4.78 is 0. The highest BCUT2D eigenvalue weighted by atomic mass is 16.3. The highest BCUT2D eigenvalue weighted by Crippen LogP contribution is 2.18. The molecule has 0 aliphatic carbocycles. The van der Waals surface area contributed by atoms with Crippen LogP contribution in [0.5, 0.6) is 0 Å². The summed E-state index contributed by atoms with van der Waals surface area (Å²) in [4.78, 5) is 0. The average Bonchev–Trinajstić information content (AvgIpc) is 1.88. The lowest BCUT2D eigenvalue weighted by Gasteiger charge is -2.19. The van der Waals surface area contributed by atoms with Crippen LogP contribution in [0.15, 0.2) is 37.0 Å². The third-order valence-electron chi connectivity index (χ3n) is 1.67. The molecule has 0 amide bonds. The molecular formula is C10H16O. The fraction of sp³-hybridized carbons (Fsp3) is 0.400. The van der Waals surface area contributed by atoms with Crippen LogP contribution < -0.4 is 0 Å². The van der Waals surface area contributed by atoms with Crippen molar-refractivity contribution in [1.82, 2.24) is 0 Å². The van der Waals surface area contributed by atoms with E-state index >= 15 is 0 Å². The van der Waals surface area contributed by atoms with Gasteiger partial charge in [-0.3, -0.25) is 0 Å². The van der Waals surface area contributed by atoms with E-state index in [0.29, 0.717) is 0 Å². The molecule has 0 aromatic carbocycles. The minimum absolute atomic E-state index is 0.0625. The minimum atomic E-state index is -0.537. The van der Waals surface area contributed by atoms with Crippen molar-refractivity contribution in [2.75, 3.05) is 0 Å². The van der Waals surface area contributed by atoms with Crippen LogP contribution in [0.1, 0.15) is 13.8 Å². The van der Waals surface area contributed by atoms with Gasteiger partial charge in [0.2, 0.25) is 0 Å². The third-order valence-corrected chi connectivity index (χ3v) is 1.67.